The zero-order chi connectivity index (χ0) is 10.1. The van der Waals surface area contributed by atoms with Crippen LogP contribution in [0.2, 0.25) is 0 Å². The maximum atomic E-state index is 12.0. The van der Waals surface area contributed by atoms with Crippen LogP contribution in [-0.2, 0) is 11.0 Å². The first-order valence-electron chi connectivity index (χ1n) is 3.24. The normalized spacial score (nSPS) is 11.4. The number of ether oxygens (including phenoxy) is 1. The summed E-state index contributed by atoms with van der Waals surface area (Å²) in [6.45, 7) is 1.13. The smallest absolute Gasteiger partial charge is 0.425 e. The van der Waals surface area contributed by atoms with Gasteiger partial charge in [0.1, 0.15) is 10.6 Å². The van der Waals surface area contributed by atoms with Gasteiger partial charge < -0.3 is 4.74 Å². The molecule has 72 valence electrons. The Kier molecular flexibility index (Phi) is 2.60. The molecular formula is C7H5F3O2S. The van der Waals surface area contributed by atoms with Gasteiger partial charge in [-0.15, -0.1) is 11.3 Å². The van der Waals surface area contributed by atoms with Crippen molar-refractivity contribution in [2.75, 3.05) is 0 Å². The molecule has 0 aliphatic heterocycles. The van der Waals surface area contributed by atoms with Gasteiger partial charge in [0.05, 0.1) is 0 Å². The zero-order valence-electron chi connectivity index (χ0n) is 6.51. The lowest BCUT2D eigenvalue weighted by atomic mass is 10.4. The molecule has 6 heteroatoms. The van der Waals surface area contributed by atoms with Gasteiger partial charge in [-0.1, -0.05) is 0 Å². The van der Waals surface area contributed by atoms with E-state index in [9.17, 15) is 18.0 Å². The zero-order valence-corrected chi connectivity index (χ0v) is 7.33. The Hall–Kier alpha value is -1.04. The summed E-state index contributed by atoms with van der Waals surface area (Å²) in [5.74, 6) is -0.698. The molecule has 0 fully saturated rings. The van der Waals surface area contributed by atoms with Gasteiger partial charge in [-0.2, -0.15) is 13.2 Å². The highest BCUT2D eigenvalue weighted by atomic mass is 32.1. The molecule has 1 aromatic heterocycles. The topological polar surface area (TPSA) is 26.3 Å². The summed E-state index contributed by atoms with van der Waals surface area (Å²) in [4.78, 5) is 9.60. The molecule has 0 bridgehead atoms. The first-order valence-corrected chi connectivity index (χ1v) is 4.11. The highest BCUT2D eigenvalue weighted by Crippen LogP contribution is 2.36. The van der Waals surface area contributed by atoms with E-state index in [1.807, 2.05) is 0 Å². The van der Waals surface area contributed by atoms with Gasteiger partial charge in [-0.05, 0) is 0 Å². The molecule has 0 aliphatic carbocycles. The fourth-order valence-corrected chi connectivity index (χ4v) is 1.36. The summed E-state index contributed by atoms with van der Waals surface area (Å²) in [5.41, 5.74) is 0. The van der Waals surface area contributed by atoms with Crippen LogP contribution in [0.1, 0.15) is 11.8 Å². The predicted octanol–water partition coefficient (Wildman–Crippen LogP) is 2.69. The summed E-state index contributed by atoms with van der Waals surface area (Å²) in [5, 5.41) is 1.14. The summed E-state index contributed by atoms with van der Waals surface area (Å²) in [6, 6.07) is 0.798. The molecule has 0 amide bonds. The molecule has 0 radical (unpaired) electrons. The lowest BCUT2D eigenvalue weighted by Gasteiger charge is -2.00. The molecule has 0 N–H and O–H groups in total. The lowest BCUT2D eigenvalue weighted by Crippen LogP contribution is -2.02. The fourth-order valence-electron chi connectivity index (χ4n) is 0.687. The van der Waals surface area contributed by atoms with Crippen LogP contribution in [0.15, 0.2) is 11.4 Å². The Labute approximate surface area is 75.9 Å². The number of rotatable bonds is 1. The molecule has 0 aromatic carbocycles. The van der Waals surface area contributed by atoms with E-state index >= 15 is 0 Å². The van der Waals surface area contributed by atoms with Gasteiger partial charge in [-0.3, -0.25) is 4.79 Å². The van der Waals surface area contributed by atoms with Crippen LogP contribution in [0.3, 0.4) is 0 Å². The van der Waals surface area contributed by atoms with Crippen LogP contribution in [0, 0.1) is 0 Å². The van der Waals surface area contributed by atoms with Gasteiger partial charge in [0.25, 0.3) is 0 Å². The lowest BCUT2D eigenvalue weighted by molar-refractivity contribution is -0.135. The average molecular weight is 210 g/mol. The van der Waals surface area contributed by atoms with Crippen molar-refractivity contribution in [3.05, 3.63) is 16.3 Å². The molecular weight excluding hydrogens is 205 g/mol. The van der Waals surface area contributed by atoms with Crippen LogP contribution in [0.4, 0.5) is 13.2 Å². The first kappa shape index (κ1) is 10.0. The third-order valence-corrected chi connectivity index (χ3v) is 2.07. The largest absolute Gasteiger partial charge is 0.426 e. The van der Waals surface area contributed by atoms with Crippen molar-refractivity contribution in [3.8, 4) is 5.75 Å². The molecule has 1 rings (SSSR count). The fraction of sp³-hybridized carbons (Fsp3) is 0.286. The van der Waals surface area contributed by atoms with E-state index in [4.69, 9.17) is 0 Å². The minimum Gasteiger partial charge on any atom is -0.426 e. The monoisotopic (exact) mass is 210 g/mol. The molecule has 0 atom stereocenters. The minimum atomic E-state index is -4.37. The van der Waals surface area contributed by atoms with E-state index in [0.29, 0.717) is 11.3 Å². The maximum Gasteiger partial charge on any atom is 0.425 e. The van der Waals surface area contributed by atoms with Crippen molar-refractivity contribution in [3.63, 3.8) is 0 Å². The van der Waals surface area contributed by atoms with Crippen molar-refractivity contribution >= 4 is 17.3 Å². The summed E-state index contributed by atoms with van der Waals surface area (Å²) in [7, 11) is 0. The number of carbonyl (C=O) groups is 1. The Morgan fingerprint density at radius 1 is 1.54 bits per heavy atom. The molecule has 13 heavy (non-hydrogen) atoms. The van der Waals surface area contributed by atoms with Gasteiger partial charge in [-0.25, -0.2) is 0 Å². The number of thiophene rings is 1. The number of halogens is 3. The number of hydrogen-bond donors (Lipinski definition) is 0. The van der Waals surface area contributed by atoms with Crippen LogP contribution < -0.4 is 4.74 Å². The summed E-state index contributed by atoms with van der Waals surface area (Å²) < 4.78 is 40.5. The number of alkyl halides is 3. The number of carbonyl (C=O) groups excluding carboxylic acids is 1. The highest BCUT2D eigenvalue weighted by Gasteiger charge is 2.32. The van der Waals surface area contributed by atoms with Crippen molar-refractivity contribution in [2.45, 2.75) is 13.1 Å². The molecule has 1 heterocycles. The summed E-state index contributed by atoms with van der Waals surface area (Å²) >= 11 is 0.496. The Bertz CT molecular complexity index is 316. The van der Waals surface area contributed by atoms with Crippen molar-refractivity contribution in [1.29, 1.82) is 0 Å². The second kappa shape index (κ2) is 3.37. The average Bonchev–Trinajstić information content (AvgIpc) is 2.32. The van der Waals surface area contributed by atoms with Gasteiger partial charge in [0, 0.05) is 18.4 Å². The van der Waals surface area contributed by atoms with E-state index in [0.717, 1.165) is 18.4 Å². The van der Waals surface area contributed by atoms with E-state index in [2.05, 4.69) is 4.74 Å². The highest BCUT2D eigenvalue weighted by molar-refractivity contribution is 7.10. The SMILES string of the molecule is CC(=O)Oc1csc(C(F)(F)F)c1. The van der Waals surface area contributed by atoms with Crippen molar-refractivity contribution in [1.82, 2.24) is 0 Å². The van der Waals surface area contributed by atoms with Crippen molar-refractivity contribution in [2.24, 2.45) is 0 Å². The first-order chi connectivity index (χ1) is 5.89. The molecule has 0 unspecified atom stereocenters. The number of hydrogen-bond acceptors (Lipinski definition) is 3. The van der Waals surface area contributed by atoms with E-state index in [1.165, 1.54) is 0 Å². The quantitative estimate of drug-likeness (QED) is 0.666. The van der Waals surface area contributed by atoms with Crippen LogP contribution in [-0.4, -0.2) is 5.97 Å². The standard InChI is InChI=1S/C7H5F3O2S/c1-4(11)12-5-2-6(13-3-5)7(8,9)10/h2-3H,1H3. The second-order valence-electron chi connectivity index (χ2n) is 2.24. The van der Waals surface area contributed by atoms with E-state index in [1.54, 1.807) is 0 Å². The van der Waals surface area contributed by atoms with E-state index in [-0.39, 0.29) is 5.75 Å². The van der Waals surface area contributed by atoms with Crippen LogP contribution in [0.25, 0.3) is 0 Å². The summed E-state index contributed by atoms with van der Waals surface area (Å²) in [6.07, 6.45) is -4.37. The second-order valence-corrected chi connectivity index (χ2v) is 3.15. The molecule has 0 spiro atoms. The van der Waals surface area contributed by atoms with Crippen LogP contribution in [0.5, 0.6) is 5.75 Å². The van der Waals surface area contributed by atoms with Gasteiger partial charge >= 0.3 is 12.1 Å². The van der Waals surface area contributed by atoms with Crippen LogP contribution >= 0.6 is 11.3 Å². The van der Waals surface area contributed by atoms with Gasteiger partial charge in [0.15, 0.2) is 0 Å². The molecule has 0 saturated carbocycles. The Morgan fingerprint density at radius 3 is 2.54 bits per heavy atom. The van der Waals surface area contributed by atoms with E-state index < -0.39 is 17.0 Å². The molecule has 0 aliphatic rings. The Balaban J connectivity index is 2.81. The predicted molar refractivity (Wildman–Crippen MR) is 40.6 cm³/mol. The van der Waals surface area contributed by atoms with Crippen molar-refractivity contribution < 1.29 is 22.7 Å². The third-order valence-electron chi connectivity index (χ3n) is 1.12. The number of esters is 1. The molecule has 2 nitrogen and oxygen atoms in total. The third kappa shape index (κ3) is 2.73. The maximum absolute atomic E-state index is 12.0. The Morgan fingerprint density at radius 2 is 2.15 bits per heavy atom. The molecule has 1 aromatic rings. The molecule has 0 saturated heterocycles. The van der Waals surface area contributed by atoms with Gasteiger partial charge in [0.2, 0.25) is 0 Å². The minimum absolute atomic E-state index is 0.0650.